The van der Waals surface area contributed by atoms with E-state index in [2.05, 4.69) is 20.5 Å². The molecule has 0 radical (unpaired) electrons. The van der Waals surface area contributed by atoms with Crippen LogP contribution >= 0.6 is 0 Å². The Balaban J connectivity index is 1.35. The summed E-state index contributed by atoms with van der Waals surface area (Å²) < 4.78 is 8.53. The fourth-order valence-electron chi connectivity index (χ4n) is 3.81. The molecule has 1 saturated heterocycles. The Morgan fingerprint density at radius 2 is 2.10 bits per heavy atom. The lowest BCUT2D eigenvalue weighted by molar-refractivity contribution is -0.121. The van der Waals surface area contributed by atoms with E-state index in [9.17, 15) is 9.59 Å². The zero-order valence-corrected chi connectivity index (χ0v) is 16.1. The summed E-state index contributed by atoms with van der Waals surface area (Å²) >= 11 is 0. The molecule has 1 aromatic carbocycles. The van der Waals surface area contributed by atoms with Crippen LogP contribution in [-0.2, 0) is 16.0 Å². The highest BCUT2D eigenvalue weighted by Crippen LogP contribution is 2.20. The molecule has 1 fully saturated rings. The summed E-state index contributed by atoms with van der Waals surface area (Å²) in [5.41, 5.74) is 1.67. The van der Waals surface area contributed by atoms with Gasteiger partial charge in [-0.25, -0.2) is 9.36 Å². The van der Waals surface area contributed by atoms with Gasteiger partial charge in [-0.15, -0.1) is 5.10 Å². The zero-order valence-electron chi connectivity index (χ0n) is 16.1. The van der Waals surface area contributed by atoms with E-state index in [4.69, 9.17) is 4.74 Å². The highest BCUT2D eigenvalue weighted by Gasteiger charge is 2.32. The maximum atomic E-state index is 12.7. The summed E-state index contributed by atoms with van der Waals surface area (Å²) in [6.45, 7) is 0.623. The Bertz CT molecular complexity index is 1240. The topological polar surface area (TPSA) is 107 Å². The molecule has 0 bridgehead atoms. The Labute approximate surface area is 171 Å². The average Bonchev–Trinajstić information content (AvgIpc) is 3.50. The number of hydrogen-bond donors (Lipinski definition) is 2. The van der Waals surface area contributed by atoms with E-state index < -0.39 is 0 Å². The fraction of sp³-hybridized carbons (Fsp3) is 0.238. The van der Waals surface area contributed by atoms with Crippen LogP contribution in [0.3, 0.4) is 0 Å². The van der Waals surface area contributed by atoms with Gasteiger partial charge in [0, 0.05) is 35.6 Å². The second-order valence-corrected chi connectivity index (χ2v) is 7.24. The third-order valence-electron chi connectivity index (χ3n) is 5.29. The number of benzene rings is 1. The van der Waals surface area contributed by atoms with E-state index in [0.717, 1.165) is 16.5 Å². The van der Waals surface area contributed by atoms with Gasteiger partial charge in [0.1, 0.15) is 6.04 Å². The molecule has 4 heterocycles. The van der Waals surface area contributed by atoms with Crippen molar-refractivity contribution in [1.29, 1.82) is 0 Å². The number of hydrogen-bond acceptors (Lipinski definition) is 5. The number of ether oxygens (including phenoxy) is 1. The van der Waals surface area contributed by atoms with Crippen molar-refractivity contribution in [3.63, 3.8) is 0 Å². The Kier molecular flexibility index (Phi) is 4.64. The number of amides is 1. The number of aromatic amines is 1. The van der Waals surface area contributed by atoms with Crippen LogP contribution in [0.5, 0.6) is 0 Å². The summed E-state index contributed by atoms with van der Waals surface area (Å²) in [4.78, 5) is 28.4. The van der Waals surface area contributed by atoms with Crippen molar-refractivity contribution in [2.75, 3.05) is 13.2 Å². The monoisotopic (exact) mass is 404 g/mol. The van der Waals surface area contributed by atoms with Crippen molar-refractivity contribution in [1.82, 2.24) is 29.9 Å². The molecular weight excluding hydrogens is 384 g/mol. The van der Waals surface area contributed by atoms with Crippen LogP contribution in [-0.4, -0.2) is 49.7 Å². The predicted octanol–water partition coefficient (Wildman–Crippen LogP) is 1.21. The lowest BCUT2D eigenvalue weighted by Crippen LogP contribution is -2.44. The number of fused-ring (bicyclic) bond motifs is 1. The first-order valence-electron chi connectivity index (χ1n) is 9.71. The minimum absolute atomic E-state index is 0.128. The number of para-hydroxylation sites is 1. The van der Waals surface area contributed by atoms with Gasteiger partial charge in [-0.1, -0.05) is 18.2 Å². The predicted molar refractivity (Wildman–Crippen MR) is 109 cm³/mol. The summed E-state index contributed by atoms with van der Waals surface area (Å²) in [7, 11) is 0. The SMILES string of the molecule is O=C(Cc1c[nH]c2ccccc12)NC1COCC1n1nc(-n2cccn2)ccc1=O. The normalized spacial score (nSPS) is 18.7. The lowest BCUT2D eigenvalue weighted by atomic mass is 10.1. The maximum Gasteiger partial charge on any atom is 0.267 e. The van der Waals surface area contributed by atoms with Crippen LogP contribution in [0.1, 0.15) is 11.6 Å². The van der Waals surface area contributed by atoms with Crippen molar-refractivity contribution in [3.05, 3.63) is 77.0 Å². The minimum Gasteiger partial charge on any atom is -0.377 e. The minimum atomic E-state index is -0.389. The molecule has 4 aromatic rings. The maximum absolute atomic E-state index is 12.7. The van der Waals surface area contributed by atoms with Gasteiger partial charge in [-0.3, -0.25) is 9.59 Å². The molecule has 3 aromatic heterocycles. The molecule has 1 aliphatic rings. The second-order valence-electron chi connectivity index (χ2n) is 7.24. The molecule has 30 heavy (non-hydrogen) atoms. The quantitative estimate of drug-likeness (QED) is 0.520. The fourth-order valence-corrected chi connectivity index (χ4v) is 3.81. The first-order chi connectivity index (χ1) is 14.7. The van der Waals surface area contributed by atoms with Crippen molar-refractivity contribution in [2.45, 2.75) is 18.5 Å². The smallest absolute Gasteiger partial charge is 0.267 e. The number of carbonyl (C=O) groups excluding carboxylic acids is 1. The van der Waals surface area contributed by atoms with Gasteiger partial charge < -0.3 is 15.0 Å². The number of rotatable bonds is 5. The highest BCUT2D eigenvalue weighted by atomic mass is 16.5. The first-order valence-corrected chi connectivity index (χ1v) is 9.71. The second kappa shape index (κ2) is 7.60. The molecular formula is C21H20N6O3. The number of nitrogens with one attached hydrogen (secondary N) is 2. The third-order valence-corrected chi connectivity index (χ3v) is 5.29. The van der Waals surface area contributed by atoms with Crippen molar-refractivity contribution in [2.24, 2.45) is 0 Å². The summed E-state index contributed by atoms with van der Waals surface area (Å²) in [5.74, 6) is 0.395. The van der Waals surface area contributed by atoms with E-state index >= 15 is 0 Å². The van der Waals surface area contributed by atoms with Gasteiger partial charge >= 0.3 is 0 Å². The molecule has 2 N–H and O–H groups in total. The Morgan fingerprint density at radius 3 is 2.97 bits per heavy atom. The van der Waals surface area contributed by atoms with Crippen LogP contribution in [0.25, 0.3) is 16.7 Å². The molecule has 9 nitrogen and oxygen atoms in total. The van der Waals surface area contributed by atoms with Crippen molar-refractivity contribution >= 4 is 16.8 Å². The van der Waals surface area contributed by atoms with Gasteiger partial charge in [-0.2, -0.15) is 5.10 Å². The van der Waals surface area contributed by atoms with E-state index in [1.807, 2.05) is 30.5 Å². The average molecular weight is 404 g/mol. The molecule has 2 atom stereocenters. The first kappa shape index (κ1) is 18.3. The largest absolute Gasteiger partial charge is 0.377 e. The lowest BCUT2D eigenvalue weighted by Gasteiger charge is -2.20. The van der Waals surface area contributed by atoms with Crippen LogP contribution in [0.2, 0.25) is 0 Å². The summed E-state index contributed by atoms with van der Waals surface area (Å²) in [6, 6.07) is 12.0. The van der Waals surface area contributed by atoms with Crippen LogP contribution in [0, 0.1) is 0 Å². The molecule has 1 aliphatic heterocycles. The third kappa shape index (κ3) is 3.39. The summed E-state index contributed by atoms with van der Waals surface area (Å²) in [6.07, 6.45) is 5.49. The van der Waals surface area contributed by atoms with Gasteiger partial charge in [0.2, 0.25) is 5.91 Å². The molecule has 2 unspecified atom stereocenters. The molecule has 152 valence electrons. The Hall–Kier alpha value is -3.72. The van der Waals surface area contributed by atoms with Gasteiger partial charge in [0.05, 0.1) is 25.7 Å². The number of H-pyrrole nitrogens is 1. The molecule has 0 aliphatic carbocycles. The van der Waals surface area contributed by atoms with E-state index in [1.54, 1.807) is 29.2 Å². The van der Waals surface area contributed by atoms with E-state index in [0.29, 0.717) is 19.0 Å². The number of carbonyl (C=O) groups is 1. The van der Waals surface area contributed by atoms with Crippen LogP contribution in [0.4, 0.5) is 0 Å². The summed E-state index contributed by atoms with van der Waals surface area (Å²) in [5, 5.41) is 12.6. The number of nitrogens with zero attached hydrogens (tertiary/aromatic N) is 4. The van der Waals surface area contributed by atoms with Gasteiger partial charge in [-0.05, 0) is 23.8 Å². The molecule has 0 saturated carbocycles. The van der Waals surface area contributed by atoms with Crippen molar-refractivity contribution in [3.8, 4) is 5.82 Å². The van der Waals surface area contributed by atoms with E-state index in [-0.39, 0.29) is 30.0 Å². The highest BCUT2D eigenvalue weighted by molar-refractivity contribution is 5.88. The Morgan fingerprint density at radius 1 is 1.20 bits per heavy atom. The molecule has 9 heteroatoms. The van der Waals surface area contributed by atoms with Gasteiger partial charge in [0.15, 0.2) is 5.82 Å². The molecule has 5 rings (SSSR count). The zero-order chi connectivity index (χ0) is 20.5. The standard InChI is InChI=1S/C21H20N6O3/c28-20(10-14-11-22-16-5-2-1-4-15(14)16)24-17-12-30-13-18(17)27-21(29)7-6-19(25-27)26-9-3-8-23-26/h1-9,11,17-18,22H,10,12-13H2,(H,24,28). The molecule has 0 spiro atoms. The van der Waals surface area contributed by atoms with Crippen LogP contribution < -0.4 is 10.9 Å². The van der Waals surface area contributed by atoms with Crippen LogP contribution in [0.15, 0.2) is 65.8 Å². The van der Waals surface area contributed by atoms with Crippen molar-refractivity contribution < 1.29 is 9.53 Å². The van der Waals surface area contributed by atoms with E-state index in [1.165, 1.54) is 10.7 Å². The molecule has 1 amide bonds. The van der Waals surface area contributed by atoms with Gasteiger partial charge in [0.25, 0.3) is 5.56 Å². The number of aromatic nitrogens is 5.